The normalized spacial score (nSPS) is 17.4. The summed E-state index contributed by atoms with van der Waals surface area (Å²) in [6.07, 6.45) is 4.93. The van der Waals surface area contributed by atoms with Crippen LogP contribution >= 0.6 is 0 Å². The lowest BCUT2D eigenvalue weighted by Crippen LogP contribution is -2.37. The van der Waals surface area contributed by atoms with E-state index < -0.39 is 0 Å². The minimum Gasteiger partial charge on any atom is -0.484 e. The van der Waals surface area contributed by atoms with Crippen LogP contribution in [0.2, 0.25) is 0 Å². The van der Waals surface area contributed by atoms with Crippen LogP contribution in [0.3, 0.4) is 0 Å². The molecule has 27 heavy (non-hydrogen) atoms. The number of aryl methyl sites for hydroxylation is 1. The molecule has 144 valence electrons. The maximum Gasteiger partial charge on any atom is 0.261 e. The van der Waals surface area contributed by atoms with Crippen LogP contribution in [0.1, 0.15) is 67.5 Å². The molecule has 1 aliphatic rings. The van der Waals surface area contributed by atoms with Gasteiger partial charge in [0.05, 0.1) is 6.04 Å². The number of hydrogen-bond donors (Lipinski definition) is 0. The molecule has 1 amide bonds. The van der Waals surface area contributed by atoms with E-state index in [-0.39, 0.29) is 24.3 Å². The number of nitrogens with zero attached hydrogens (tertiary/aromatic N) is 1. The molecule has 2 heterocycles. The van der Waals surface area contributed by atoms with E-state index in [4.69, 9.17) is 9.15 Å². The Labute approximate surface area is 160 Å². The van der Waals surface area contributed by atoms with Gasteiger partial charge in [-0.1, -0.05) is 31.9 Å². The molecule has 2 aromatic rings. The lowest BCUT2D eigenvalue weighted by atomic mass is 10.1. The second-order valence-corrected chi connectivity index (χ2v) is 6.98. The number of furan rings is 1. The summed E-state index contributed by atoms with van der Waals surface area (Å²) in [5, 5.41) is 0. The minimum absolute atomic E-state index is 0.0242. The van der Waals surface area contributed by atoms with Gasteiger partial charge in [0.2, 0.25) is 0 Å². The van der Waals surface area contributed by atoms with Crippen molar-refractivity contribution in [1.82, 2.24) is 4.90 Å². The molecule has 5 nitrogen and oxygen atoms in total. The zero-order chi connectivity index (χ0) is 19.2. The Bertz CT molecular complexity index is 795. The van der Waals surface area contributed by atoms with Crippen molar-refractivity contribution in [2.75, 3.05) is 13.2 Å². The molecule has 1 atom stereocenters. The van der Waals surface area contributed by atoms with E-state index in [1.165, 1.54) is 6.92 Å². The molecular weight excluding hydrogens is 342 g/mol. The van der Waals surface area contributed by atoms with Crippen molar-refractivity contribution in [3.8, 4) is 5.75 Å². The van der Waals surface area contributed by atoms with Crippen molar-refractivity contribution < 1.29 is 18.7 Å². The van der Waals surface area contributed by atoms with Crippen LogP contribution in [0.15, 0.2) is 40.8 Å². The highest BCUT2D eigenvalue weighted by Gasteiger charge is 2.29. The third-order valence-electron chi connectivity index (χ3n) is 5.04. The van der Waals surface area contributed by atoms with Gasteiger partial charge in [-0.05, 0) is 44.0 Å². The molecular formula is C22H27NO4. The number of ether oxygens (including phenoxy) is 1. The molecule has 1 saturated heterocycles. The molecule has 1 aromatic carbocycles. The van der Waals surface area contributed by atoms with Gasteiger partial charge in [0, 0.05) is 18.5 Å². The average molecular weight is 369 g/mol. The number of likely N-dealkylation sites (tertiary alicyclic amines) is 1. The van der Waals surface area contributed by atoms with E-state index in [0.29, 0.717) is 17.9 Å². The van der Waals surface area contributed by atoms with Crippen LogP contribution in [-0.4, -0.2) is 29.7 Å². The largest absolute Gasteiger partial charge is 0.484 e. The van der Waals surface area contributed by atoms with Crippen LogP contribution < -0.4 is 4.74 Å². The molecule has 0 radical (unpaired) electrons. The lowest BCUT2D eigenvalue weighted by molar-refractivity contribution is -0.136. The zero-order valence-corrected chi connectivity index (χ0v) is 16.1. The van der Waals surface area contributed by atoms with E-state index in [9.17, 15) is 9.59 Å². The lowest BCUT2D eigenvalue weighted by Gasteiger charge is -2.28. The third kappa shape index (κ3) is 4.79. The molecule has 1 fully saturated rings. The van der Waals surface area contributed by atoms with Gasteiger partial charge in [-0.15, -0.1) is 0 Å². The summed E-state index contributed by atoms with van der Waals surface area (Å²) >= 11 is 0. The number of hydrogen-bond acceptors (Lipinski definition) is 4. The fourth-order valence-corrected chi connectivity index (χ4v) is 3.50. The van der Waals surface area contributed by atoms with Crippen molar-refractivity contribution in [2.45, 2.75) is 52.0 Å². The maximum absolute atomic E-state index is 12.9. The molecule has 5 heteroatoms. The molecule has 3 rings (SSSR count). The van der Waals surface area contributed by atoms with Gasteiger partial charge in [-0.25, -0.2) is 0 Å². The number of carbonyl (C=O) groups is 2. The first-order chi connectivity index (χ1) is 13.1. The van der Waals surface area contributed by atoms with Gasteiger partial charge in [0.1, 0.15) is 17.3 Å². The molecule has 1 aromatic heterocycles. The van der Waals surface area contributed by atoms with Crippen LogP contribution in [-0.2, 0) is 11.2 Å². The van der Waals surface area contributed by atoms with Crippen LogP contribution in [0.25, 0.3) is 0 Å². The van der Waals surface area contributed by atoms with Crippen molar-refractivity contribution in [1.29, 1.82) is 0 Å². The predicted molar refractivity (Wildman–Crippen MR) is 103 cm³/mol. The summed E-state index contributed by atoms with van der Waals surface area (Å²) in [5.74, 6) is 2.27. The Hall–Kier alpha value is -2.56. The number of ketones is 1. The van der Waals surface area contributed by atoms with Gasteiger partial charge < -0.3 is 14.1 Å². The highest BCUT2D eigenvalue weighted by atomic mass is 16.5. The minimum atomic E-state index is -0.0513. The van der Waals surface area contributed by atoms with Crippen molar-refractivity contribution in [3.05, 3.63) is 53.5 Å². The maximum atomic E-state index is 12.9. The summed E-state index contributed by atoms with van der Waals surface area (Å²) < 4.78 is 11.6. The summed E-state index contributed by atoms with van der Waals surface area (Å²) in [5.41, 5.74) is 0.579. The van der Waals surface area contributed by atoms with E-state index in [1.807, 2.05) is 17.0 Å². The fraction of sp³-hybridized carbons (Fsp3) is 0.455. The molecule has 1 unspecified atom stereocenters. The first kappa shape index (κ1) is 19.2. The highest BCUT2D eigenvalue weighted by Crippen LogP contribution is 2.31. The quantitative estimate of drug-likeness (QED) is 0.700. The van der Waals surface area contributed by atoms with Crippen molar-refractivity contribution in [3.63, 3.8) is 0 Å². The Morgan fingerprint density at radius 3 is 2.78 bits per heavy atom. The Balaban J connectivity index is 1.70. The first-order valence-electron chi connectivity index (χ1n) is 9.70. The molecule has 0 aliphatic carbocycles. The van der Waals surface area contributed by atoms with Crippen LogP contribution in [0, 0.1) is 0 Å². The van der Waals surface area contributed by atoms with Gasteiger partial charge in [0.25, 0.3) is 5.91 Å². The number of carbonyl (C=O) groups excluding carboxylic acids is 2. The fourth-order valence-electron chi connectivity index (χ4n) is 3.50. The van der Waals surface area contributed by atoms with E-state index in [1.54, 1.807) is 24.3 Å². The topological polar surface area (TPSA) is 59.8 Å². The Morgan fingerprint density at radius 1 is 1.19 bits per heavy atom. The highest BCUT2D eigenvalue weighted by molar-refractivity contribution is 5.94. The SMILES string of the molecule is CCc1ccc(C2CCCCCN2C(=O)COc2cccc(C(C)=O)c2)o1. The average Bonchev–Trinajstić information content (AvgIpc) is 3.02. The number of benzene rings is 1. The molecule has 0 spiro atoms. The molecule has 0 N–H and O–H groups in total. The summed E-state index contributed by atoms with van der Waals surface area (Å²) in [6, 6.07) is 10.9. The van der Waals surface area contributed by atoms with Gasteiger partial charge >= 0.3 is 0 Å². The van der Waals surface area contributed by atoms with E-state index >= 15 is 0 Å². The van der Waals surface area contributed by atoms with Crippen molar-refractivity contribution in [2.24, 2.45) is 0 Å². The Kier molecular flexibility index (Phi) is 6.32. The zero-order valence-electron chi connectivity index (χ0n) is 16.1. The smallest absolute Gasteiger partial charge is 0.261 e. The summed E-state index contributed by atoms with van der Waals surface area (Å²) in [4.78, 5) is 26.3. The molecule has 0 saturated carbocycles. The monoisotopic (exact) mass is 369 g/mol. The molecule has 1 aliphatic heterocycles. The number of rotatable bonds is 6. The van der Waals surface area contributed by atoms with Gasteiger partial charge in [0.15, 0.2) is 12.4 Å². The number of amides is 1. The van der Waals surface area contributed by atoms with Crippen molar-refractivity contribution >= 4 is 11.7 Å². The predicted octanol–water partition coefficient (Wildman–Crippen LogP) is 4.57. The summed E-state index contributed by atoms with van der Waals surface area (Å²) in [6.45, 7) is 4.24. The van der Waals surface area contributed by atoms with Gasteiger partial charge in [-0.3, -0.25) is 9.59 Å². The van der Waals surface area contributed by atoms with Crippen LogP contribution in [0.4, 0.5) is 0 Å². The molecule has 0 bridgehead atoms. The number of Topliss-reactive ketones (excluding diaryl/α,β-unsaturated/α-hetero) is 1. The second-order valence-electron chi connectivity index (χ2n) is 6.98. The standard InChI is InChI=1S/C22H27NO4/c1-3-18-11-12-21(27-18)20-10-5-4-6-13-23(20)22(25)15-26-19-9-7-8-17(14-19)16(2)24/h7-9,11-12,14,20H,3-6,10,13,15H2,1-2H3. The first-order valence-corrected chi connectivity index (χ1v) is 9.70. The van der Waals surface area contributed by atoms with E-state index in [2.05, 4.69) is 6.92 Å². The van der Waals surface area contributed by atoms with Crippen LogP contribution in [0.5, 0.6) is 5.75 Å². The summed E-state index contributed by atoms with van der Waals surface area (Å²) in [7, 11) is 0. The third-order valence-corrected chi connectivity index (χ3v) is 5.04. The second kappa shape index (κ2) is 8.89. The van der Waals surface area contributed by atoms with E-state index in [0.717, 1.165) is 43.6 Å². The van der Waals surface area contributed by atoms with Gasteiger partial charge in [-0.2, -0.15) is 0 Å². The Morgan fingerprint density at radius 2 is 2.04 bits per heavy atom.